The van der Waals surface area contributed by atoms with Crippen LogP contribution in [0.4, 0.5) is 14.9 Å². The first-order chi connectivity index (χ1) is 16.1. The molecule has 0 radical (unpaired) electrons. The number of amides is 3. The molecular formula is C23H26FN3O6S. The van der Waals surface area contributed by atoms with Gasteiger partial charge in [0.2, 0.25) is 10.0 Å². The molecule has 0 saturated carbocycles. The van der Waals surface area contributed by atoms with Gasteiger partial charge in [-0.2, -0.15) is 4.31 Å². The molecule has 0 aliphatic carbocycles. The second-order valence-electron chi connectivity index (χ2n) is 8.08. The van der Waals surface area contributed by atoms with Crippen molar-refractivity contribution in [3.8, 4) is 0 Å². The molecule has 3 amide bonds. The number of anilines is 1. The summed E-state index contributed by atoms with van der Waals surface area (Å²) in [4.78, 5) is 36.4. The van der Waals surface area contributed by atoms with E-state index in [1.165, 1.54) is 12.1 Å². The molecule has 1 unspecified atom stereocenters. The first kappa shape index (κ1) is 25.3. The molecule has 0 aromatic heterocycles. The van der Waals surface area contributed by atoms with E-state index >= 15 is 0 Å². The van der Waals surface area contributed by atoms with Gasteiger partial charge in [-0.15, -0.1) is 0 Å². The summed E-state index contributed by atoms with van der Waals surface area (Å²) in [5, 5.41) is 4.64. The molecule has 3 rings (SSSR count). The van der Waals surface area contributed by atoms with Gasteiger partial charge in [-0.05, 0) is 62.6 Å². The van der Waals surface area contributed by atoms with E-state index in [0.717, 1.165) is 27.6 Å². The molecule has 1 aliphatic rings. The van der Waals surface area contributed by atoms with Gasteiger partial charge in [-0.25, -0.2) is 17.6 Å². The molecule has 2 N–H and O–H groups in total. The predicted octanol–water partition coefficient (Wildman–Crippen LogP) is 2.73. The zero-order valence-corrected chi connectivity index (χ0v) is 19.7. The van der Waals surface area contributed by atoms with E-state index in [-0.39, 0.29) is 18.0 Å². The number of hydrogen-bond acceptors (Lipinski definition) is 6. The first-order valence-corrected chi connectivity index (χ1v) is 12.1. The van der Waals surface area contributed by atoms with Crippen LogP contribution in [0, 0.1) is 25.6 Å². The van der Waals surface area contributed by atoms with Crippen LogP contribution < -0.4 is 10.6 Å². The molecule has 34 heavy (non-hydrogen) atoms. The van der Waals surface area contributed by atoms with E-state index in [9.17, 15) is 27.2 Å². The third-order valence-electron chi connectivity index (χ3n) is 5.40. The Kier molecular flexibility index (Phi) is 8.00. The summed E-state index contributed by atoms with van der Waals surface area (Å²) in [6.07, 6.45) is 0.813. The van der Waals surface area contributed by atoms with E-state index in [4.69, 9.17) is 4.74 Å². The number of esters is 1. The topological polar surface area (TPSA) is 122 Å². The summed E-state index contributed by atoms with van der Waals surface area (Å²) in [5.41, 5.74) is 2.39. The summed E-state index contributed by atoms with van der Waals surface area (Å²) >= 11 is 0. The fraction of sp³-hybridized carbons (Fsp3) is 0.348. The van der Waals surface area contributed by atoms with Gasteiger partial charge in [0.25, 0.3) is 5.91 Å². The number of rotatable bonds is 6. The van der Waals surface area contributed by atoms with Crippen molar-refractivity contribution in [2.45, 2.75) is 31.6 Å². The fourth-order valence-corrected chi connectivity index (χ4v) is 5.16. The van der Waals surface area contributed by atoms with Gasteiger partial charge in [0.1, 0.15) is 5.82 Å². The van der Waals surface area contributed by atoms with Gasteiger partial charge < -0.3 is 10.1 Å². The highest BCUT2D eigenvalue weighted by Crippen LogP contribution is 2.24. The SMILES string of the molecule is Cc1ccc(NC(=O)NC(=O)COC(=O)C2CCCN(S(=O)(=O)c3ccc(F)cc3)C2)c(C)c1. The third-order valence-corrected chi connectivity index (χ3v) is 7.28. The number of urea groups is 1. The van der Waals surface area contributed by atoms with Gasteiger partial charge in [0, 0.05) is 18.8 Å². The lowest BCUT2D eigenvalue weighted by molar-refractivity contribution is -0.153. The summed E-state index contributed by atoms with van der Waals surface area (Å²) in [6, 6.07) is 9.08. The first-order valence-electron chi connectivity index (χ1n) is 10.7. The molecule has 1 aliphatic heterocycles. The number of halogens is 1. The zero-order valence-electron chi connectivity index (χ0n) is 18.8. The van der Waals surface area contributed by atoms with Crippen LogP contribution in [-0.4, -0.2) is 50.3 Å². The summed E-state index contributed by atoms with van der Waals surface area (Å²) in [7, 11) is -3.90. The van der Waals surface area contributed by atoms with Crippen molar-refractivity contribution in [2.24, 2.45) is 5.92 Å². The van der Waals surface area contributed by atoms with Crippen LogP contribution in [-0.2, 0) is 24.3 Å². The number of sulfonamides is 1. The molecule has 1 atom stereocenters. The Morgan fingerprint density at radius 1 is 1.12 bits per heavy atom. The number of piperidine rings is 1. The maximum absolute atomic E-state index is 13.1. The molecular weight excluding hydrogens is 465 g/mol. The predicted molar refractivity (Wildman–Crippen MR) is 122 cm³/mol. The summed E-state index contributed by atoms with van der Waals surface area (Å²) in [5.74, 6) is -2.87. The lowest BCUT2D eigenvalue weighted by atomic mass is 10.00. The van der Waals surface area contributed by atoms with E-state index < -0.39 is 46.3 Å². The Morgan fingerprint density at radius 3 is 2.50 bits per heavy atom. The van der Waals surface area contributed by atoms with Gasteiger partial charge >= 0.3 is 12.0 Å². The van der Waals surface area contributed by atoms with E-state index in [1.54, 1.807) is 6.07 Å². The summed E-state index contributed by atoms with van der Waals surface area (Å²) in [6.45, 7) is 3.14. The molecule has 182 valence electrons. The standard InChI is InChI=1S/C23H26FN3O6S/c1-15-5-10-20(16(2)12-15)25-23(30)26-21(28)14-33-22(29)17-4-3-11-27(13-17)34(31,32)19-8-6-18(24)7-9-19/h5-10,12,17H,3-4,11,13-14H2,1-2H3,(H2,25,26,28,30). The Morgan fingerprint density at radius 2 is 1.82 bits per heavy atom. The van der Waals surface area contributed by atoms with Crippen molar-refractivity contribution in [1.82, 2.24) is 9.62 Å². The Hall–Kier alpha value is -3.31. The van der Waals surface area contributed by atoms with Crippen LogP contribution in [0.1, 0.15) is 24.0 Å². The second kappa shape index (κ2) is 10.7. The minimum Gasteiger partial charge on any atom is -0.455 e. The molecule has 2 aromatic rings. The molecule has 9 nitrogen and oxygen atoms in total. The molecule has 0 bridgehead atoms. The maximum atomic E-state index is 13.1. The van der Waals surface area contributed by atoms with Crippen molar-refractivity contribution >= 4 is 33.6 Å². The highest BCUT2D eigenvalue weighted by molar-refractivity contribution is 7.89. The molecule has 2 aromatic carbocycles. The van der Waals surface area contributed by atoms with E-state index in [0.29, 0.717) is 18.5 Å². The largest absolute Gasteiger partial charge is 0.455 e. The lowest BCUT2D eigenvalue weighted by Crippen LogP contribution is -2.43. The van der Waals surface area contributed by atoms with Crippen LogP contribution >= 0.6 is 0 Å². The molecule has 1 fully saturated rings. The second-order valence-corrected chi connectivity index (χ2v) is 10.0. The quantitative estimate of drug-likeness (QED) is 0.600. The minimum atomic E-state index is -3.90. The molecule has 1 saturated heterocycles. The van der Waals surface area contributed by atoms with Crippen molar-refractivity contribution in [1.29, 1.82) is 0 Å². The zero-order chi connectivity index (χ0) is 24.9. The Balaban J connectivity index is 1.50. The monoisotopic (exact) mass is 491 g/mol. The number of carbonyl (C=O) groups excluding carboxylic acids is 3. The average molecular weight is 492 g/mol. The fourth-order valence-electron chi connectivity index (χ4n) is 3.63. The molecule has 11 heteroatoms. The highest BCUT2D eigenvalue weighted by Gasteiger charge is 2.34. The van der Waals surface area contributed by atoms with Crippen LogP contribution in [0.3, 0.4) is 0 Å². The number of aryl methyl sites for hydroxylation is 2. The number of nitrogens with one attached hydrogen (secondary N) is 2. The van der Waals surface area contributed by atoms with Crippen molar-refractivity contribution < 1.29 is 31.9 Å². The van der Waals surface area contributed by atoms with Crippen LogP contribution in [0.5, 0.6) is 0 Å². The van der Waals surface area contributed by atoms with Crippen molar-refractivity contribution in [3.05, 3.63) is 59.4 Å². The van der Waals surface area contributed by atoms with E-state index in [1.807, 2.05) is 26.0 Å². The Bertz CT molecular complexity index is 1180. The van der Waals surface area contributed by atoms with Gasteiger partial charge in [0.05, 0.1) is 10.8 Å². The molecule has 0 spiro atoms. The number of carbonyl (C=O) groups is 3. The minimum absolute atomic E-state index is 0.0721. The van der Waals surface area contributed by atoms with E-state index in [2.05, 4.69) is 10.6 Å². The number of imide groups is 1. The van der Waals surface area contributed by atoms with Crippen molar-refractivity contribution in [2.75, 3.05) is 25.0 Å². The maximum Gasteiger partial charge on any atom is 0.325 e. The third kappa shape index (κ3) is 6.39. The van der Waals surface area contributed by atoms with Gasteiger partial charge in [-0.3, -0.25) is 14.9 Å². The smallest absolute Gasteiger partial charge is 0.325 e. The lowest BCUT2D eigenvalue weighted by Gasteiger charge is -2.30. The van der Waals surface area contributed by atoms with Gasteiger partial charge in [-0.1, -0.05) is 17.7 Å². The number of ether oxygens (including phenoxy) is 1. The normalized spacial score (nSPS) is 16.5. The Labute approximate surface area is 197 Å². The van der Waals surface area contributed by atoms with Crippen LogP contribution in [0.2, 0.25) is 0 Å². The number of nitrogens with zero attached hydrogens (tertiary/aromatic N) is 1. The van der Waals surface area contributed by atoms with Crippen molar-refractivity contribution in [3.63, 3.8) is 0 Å². The summed E-state index contributed by atoms with van der Waals surface area (Å²) < 4.78 is 44.9. The molecule has 1 heterocycles. The number of benzene rings is 2. The van der Waals surface area contributed by atoms with Crippen LogP contribution in [0.25, 0.3) is 0 Å². The van der Waals surface area contributed by atoms with Gasteiger partial charge in [0.15, 0.2) is 6.61 Å². The van der Waals surface area contributed by atoms with Crippen LogP contribution in [0.15, 0.2) is 47.4 Å². The highest BCUT2D eigenvalue weighted by atomic mass is 32.2. The average Bonchev–Trinajstić information content (AvgIpc) is 2.79. The number of hydrogen-bond donors (Lipinski definition) is 2.